The topological polar surface area (TPSA) is 41.6 Å². The van der Waals surface area contributed by atoms with Crippen LogP contribution in [0.15, 0.2) is 42.5 Å². The van der Waals surface area contributed by atoms with Crippen molar-refractivity contribution in [3.63, 3.8) is 0 Å². The molecule has 0 aromatic heterocycles. The summed E-state index contributed by atoms with van der Waals surface area (Å²) in [4.78, 5) is 15.4. The first-order valence-electron chi connectivity index (χ1n) is 10.8. The number of hydrogen-bond acceptors (Lipinski definition) is 3. The van der Waals surface area contributed by atoms with Gasteiger partial charge >= 0.3 is 0 Å². The van der Waals surface area contributed by atoms with Crippen molar-refractivity contribution in [2.75, 3.05) is 25.0 Å². The summed E-state index contributed by atoms with van der Waals surface area (Å²) in [6.07, 6.45) is 1.81. The molecule has 4 nitrogen and oxygen atoms in total. The second-order valence-corrected chi connectivity index (χ2v) is 8.31. The second-order valence-electron chi connectivity index (χ2n) is 8.31. The van der Waals surface area contributed by atoms with E-state index < -0.39 is 0 Å². The fraction of sp³-hybridized carbons (Fsp3) is 0.480. The van der Waals surface area contributed by atoms with Gasteiger partial charge in [-0.2, -0.15) is 0 Å². The van der Waals surface area contributed by atoms with Gasteiger partial charge in [-0.1, -0.05) is 44.2 Å². The number of anilines is 1. The SMILES string of the molecule is CCOc1cccc(CN2CCC(C(=O)Nc3c(C)cccc3C(C)C)CC2)c1. The Hall–Kier alpha value is -2.33. The van der Waals surface area contributed by atoms with Crippen molar-refractivity contribution in [3.8, 4) is 5.75 Å². The molecule has 29 heavy (non-hydrogen) atoms. The highest BCUT2D eigenvalue weighted by molar-refractivity contribution is 5.94. The van der Waals surface area contributed by atoms with E-state index in [2.05, 4.69) is 67.4 Å². The molecule has 1 heterocycles. The van der Waals surface area contributed by atoms with Crippen molar-refractivity contribution in [1.29, 1.82) is 0 Å². The summed E-state index contributed by atoms with van der Waals surface area (Å²) in [5, 5.41) is 3.24. The lowest BCUT2D eigenvalue weighted by molar-refractivity contribution is -0.121. The van der Waals surface area contributed by atoms with Gasteiger partial charge in [-0.3, -0.25) is 9.69 Å². The van der Waals surface area contributed by atoms with Crippen LogP contribution in [0.2, 0.25) is 0 Å². The zero-order valence-electron chi connectivity index (χ0n) is 18.2. The third kappa shape index (κ3) is 5.60. The lowest BCUT2D eigenvalue weighted by Crippen LogP contribution is -2.38. The predicted octanol–water partition coefficient (Wildman–Crippen LogP) is 5.37. The summed E-state index contributed by atoms with van der Waals surface area (Å²) in [5.74, 6) is 1.57. The van der Waals surface area contributed by atoms with E-state index in [1.807, 2.05) is 13.0 Å². The van der Waals surface area contributed by atoms with Crippen molar-refractivity contribution in [1.82, 2.24) is 4.90 Å². The minimum atomic E-state index is 0.0839. The number of para-hydroxylation sites is 1. The quantitative estimate of drug-likeness (QED) is 0.687. The van der Waals surface area contributed by atoms with Crippen molar-refractivity contribution in [3.05, 3.63) is 59.2 Å². The molecule has 2 aromatic carbocycles. The molecule has 2 aromatic rings. The number of nitrogens with one attached hydrogen (secondary N) is 1. The highest BCUT2D eigenvalue weighted by atomic mass is 16.5. The number of aryl methyl sites for hydroxylation is 1. The van der Waals surface area contributed by atoms with Crippen LogP contribution >= 0.6 is 0 Å². The second kappa shape index (κ2) is 9.93. The molecule has 0 unspecified atom stereocenters. The molecule has 1 amide bonds. The first kappa shape index (κ1) is 21.4. The highest BCUT2D eigenvalue weighted by Crippen LogP contribution is 2.29. The molecule has 4 heteroatoms. The summed E-state index contributed by atoms with van der Waals surface area (Å²) in [6, 6.07) is 14.6. The molecule has 0 saturated carbocycles. The summed E-state index contributed by atoms with van der Waals surface area (Å²) in [7, 11) is 0. The van der Waals surface area contributed by atoms with Crippen molar-refractivity contribution in [2.45, 2.75) is 53.0 Å². The molecule has 1 aliphatic rings. The molecule has 0 atom stereocenters. The molecule has 0 aliphatic carbocycles. The van der Waals surface area contributed by atoms with E-state index in [0.29, 0.717) is 12.5 Å². The molecule has 3 rings (SSSR count). The third-order valence-electron chi connectivity index (χ3n) is 5.75. The Kier molecular flexibility index (Phi) is 7.32. The van der Waals surface area contributed by atoms with E-state index in [0.717, 1.165) is 49.5 Å². The van der Waals surface area contributed by atoms with Crippen LogP contribution in [0.4, 0.5) is 5.69 Å². The van der Waals surface area contributed by atoms with E-state index in [1.54, 1.807) is 0 Å². The number of nitrogens with zero attached hydrogens (tertiary/aromatic N) is 1. The Bertz CT molecular complexity index is 823. The van der Waals surface area contributed by atoms with Gasteiger partial charge in [-0.15, -0.1) is 0 Å². The summed E-state index contributed by atoms with van der Waals surface area (Å²) in [5.41, 5.74) is 4.61. The molecular weight excluding hydrogens is 360 g/mol. The van der Waals surface area contributed by atoms with E-state index >= 15 is 0 Å². The van der Waals surface area contributed by atoms with Gasteiger partial charge in [-0.25, -0.2) is 0 Å². The number of benzene rings is 2. The van der Waals surface area contributed by atoms with Crippen LogP contribution in [0.25, 0.3) is 0 Å². The van der Waals surface area contributed by atoms with Crippen LogP contribution in [0.1, 0.15) is 56.2 Å². The smallest absolute Gasteiger partial charge is 0.227 e. The third-order valence-corrected chi connectivity index (χ3v) is 5.75. The van der Waals surface area contributed by atoms with Gasteiger partial charge in [0.25, 0.3) is 0 Å². The largest absolute Gasteiger partial charge is 0.494 e. The summed E-state index contributed by atoms with van der Waals surface area (Å²) < 4.78 is 5.61. The molecule has 0 radical (unpaired) electrons. The van der Waals surface area contributed by atoms with E-state index in [4.69, 9.17) is 4.74 Å². The zero-order chi connectivity index (χ0) is 20.8. The fourth-order valence-corrected chi connectivity index (χ4v) is 4.08. The van der Waals surface area contributed by atoms with E-state index in [-0.39, 0.29) is 11.8 Å². The minimum absolute atomic E-state index is 0.0839. The number of hydrogen-bond donors (Lipinski definition) is 1. The predicted molar refractivity (Wildman–Crippen MR) is 120 cm³/mol. The first-order chi connectivity index (χ1) is 14.0. The lowest BCUT2D eigenvalue weighted by Gasteiger charge is -2.31. The van der Waals surface area contributed by atoms with Gasteiger partial charge in [0.05, 0.1) is 6.61 Å². The van der Waals surface area contributed by atoms with Crippen molar-refractivity contribution >= 4 is 11.6 Å². The molecule has 1 saturated heterocycles. The molecule has 1 fully saturated rings. The maximum absolute atomic E-state index is 12.9. The molecule has 1 aliphatic heterocycles. The average Bonchev–Trinajstić information content (AvgIpc) is 2.70. The van der Waals surface area contributed by atoms with Crippen LogP contribution in [-0.2, 0) is 11.3 Å². The van der Waals surface area contributed by atoms with Gasteiger partial charge in [0, 0.05) is 18.2 Å². The van der Waals surface area contributed by atoms with Crippen LogP contribution in [0, 0.1) is 12.8 Å². The van der Waals surface area contributed by atoms with Gasteiger partial charge in [0.15, 0.2) is 0 Å². The molecular formula is C25H34N2O2. The van der Waals surface area contributed by atoms with Gasteiger partial charge < -0.3 is 10.1 Å². The number of likely N-dealkylation sites (tertiary alicyclic amines) is 1. The average molecular weight is 395 g/mol. The van der Waals surface area contributed by atoms with Gasteiger partial charge in [0.1, 0.15) is 5.75 Å². The zero-order valence-corrected chi connectivity index (χ0v) is 18.2. The van der Waals surface area contributed by atoms with Crippen LogP contribution in [-0.4, -0.2) is 30.5 Å². The number of carbonyl (C=O) groups is 1. The normalized spacial score (nSPS) is 15.5. The lowest BCUT2D eigenvalue weighted by atomic mass is 9.94. The van der Waals surface area contributed by atoms with E-state index in [1.165, 1.54) is 11.1 Å². The number of ether oxygens (including phenoxy) is 1. The molecule has 0 bridgehead atoms. The van der Waals surface area contributed by atoms with Crippen molar-refractivity contribution in [2.24, 2.45) is 5.92 Å². The monoisotopic (exact) mass is 394 g/mol. The Morgan fingerprint density at radius 3 is 2.59 bits per heavy atom. The molecule has 0 spiro atoms. The van der Waals surface area contributed by atoms with Crippen LogP contribution in [0.3, 0.4) is 0 Å². The number of amides is 1. The fourth-order valence-electron chi connectivity index (χ4n) is 4.08. The Morgan fingerprint density at radius 2 is 1.90 bits per heavy atom. The summed E-state index contributed by atoms with van der Waals surface area (Å²) in [6.45, 7) is 11.9. The number of rotatable bonds is 7. The first-order valence-corrected chi connectivity index (χ1v) is 10.8. The number of carbonyl (C=O) groups excluding carboxylic acids is 1. The molecule has 156 valence electrons. The Labute approximate surface area is 175 Å². The Morgan fingerprint density at radius 1 is 1.17 bits per heavy atom. The Balaban J connectivity index is 1.56. The highest BCUT2D eigenvalue weighted by Gasteiger charge is 2.26. The van der Waals surface area contributed by atoms with Crippen LogP contribution < -0.4 is 10.1 Å². The maximum atomic E-state index is 12.9. The molecule has 1 N–H and O–H groups in total. The maximum Gasteiger partial charge on any atom is 0.227 e. The summed E-state index contributed by atoms with van der Waals surface area (Å²) >= 11 is 0. The van der Waals surface area contributed by atoms with Gasteiger partial charge in [-0.05, 0) is 74.5 Å². The number of piperidine rings is 1. The van der Waals surface area contributed by atoms with Crippen molar-refractivity contribution < 1.29 is 9.53 Å². The standard InChI is InChI=1S/C25H34N2O2/c1-5-29-22-10-7-9-20(16-22)17-27-14-12-21(13-15-27)25(28)26-24-19(4)8-6-11-23(24)18(2)3/h6-11,16,18,21H,5,12-15,17H2,1-4H3,(H,26,28). The van der Waals surface area contributed by atoms with Crippen LogP contribution in [0.5, 0.6) is 5.75 Å². The van der Waals surface area contributed by atoms with E-state index in [9.17, 15) is 4.79 Å². The van der Waals surface area contributed by atoms with Gasteiger partial charge in [0.2, 0.25) is 5.91 Å². The minimum Gasteiger partial charge on any atom is -0.494 e.